The van der Waals surface area contributed by atoms with E-state index < -0.39 is 0 Å². The second-order valence-electron chi connectivity index (χ2n) is 5.35. The van der Waals surface area contributed by atoms with Crippen molar-refractivity contribution in [2.75, 3.05) is 69.0 Å². The van der Waals surface area contributed by atoms with Crippen molar-refractivity contribution in [3.8, 4) is 5.75 Å². The highest BCUT2D eigenvalue weighted by Gasteiger charge is 2.26. The number of hydrogen-bond donors (Lipinski definition) is 0. The van der Waals surface area contributed by atoms with Gasteiger partial charge in [-0.3, -0.25) is 0 Å². The molecule has 2 aliphatic rings. The molecule has 23 heavy (non-hydrogen) atoms. The van der Waals surface area contributed by atoms with E-state index in [0.29, 0.717) is 60.5 Å². The van der Waals surface area contributed by atoms with Crippen LogP contribution in [0.4, 0.5) is 11.6 Å². The third-order valence-electron chi connectivity index (χ3n) is 3.91. The van der Waals surface area contributed by atoms with E-state index in [1.54, 1.807) is 0 Å². The third-order valence-corrected chi connectivity index (χ3v) is 4.59. The van der Waals surface area contributed by atoms with Gasteiger partial charge >= 0.3 is 0 Å². The second kappa shape index (κ2) is 7.75. The van der Waals surface area contributed by atoms with Crippen LogP contribution < -0.4 is 14.5 Å². The quantitative estimate of drug-likeness (QED) is 0.820. The first kappa shape index (κ1) is 16.9. The Morgan fingerprint density at radius 1 is 0.913 bits per heavy atom. The highest BCUT2D eigenvalue weighted by atomic mass is 35.5. The first-order valence-electron chi connectivity index (χ1n) is 7.89. The fraction of sp³-hybridized carbons (Fsp3) is 0.667. The molecule has 0 N–H and O–H groups in total. The van der Waals surface area contributed by atoms with Gasteiger partial charge in [0.05, 0.1) is 33.0 Å². The van der Waals surface area contributed by atoms with Crippen molar-refractivity contribution in [3.63, 3.8) is 0 Å². The molecule has 2 saturated heterocycles. The van der Waals surface area contributed by atoms with Crippen molar-refractivity contribution in [2.24, 2.45) is 0 Å². The maximum Gasteiger partial charge on any atom is 0.164 e. The molecule has 3 rings (SSSR count). The maximum atomic E-state index is 6.54. The Kier molecular flexibility index (Phi) is 5.69. The Bertz CT molecular complexity index is 505. The van der Waals surface area contributed by atoms with Crippen LogP contribution in [-0.4, -0.2) is 64.2 Å². The average Bonchev–Trinajstić information content (AvgIpc) is 2.60. The van der Waals surface area contributed by atoms with Crippen LogP contribution in [0.15, 0.2) is 0 Å². The van der Waals surface area contributed by atoms with Crippen molar-refractivity contribution in [1.82, 2.24) is 4.98 Å². The molecular formula is C15H21Cl2N3O3. The molecular weight excluding hydrogens is 341 g/mol. The minimum Gasteiger partial charge on any atom is -0.490 e. The monoisotopic (exact) mass is 361 g/mol. The molecule has 0 atom stereocenters. The third kappa shape index (κ3) is 3.60. The van der Waals surface area contributed by atoms with Crippen molar-refractivity contribution in [1.29, 1.82) is 0 Å². The van der Waals surface area contributed by atoms with Crippen molar-refractivity contribution in [2.45, 2.75) is 6.92 Å². The molecule has 0 radical (unpaired) electrons. The summed E-state index contributed by atoms with van der Waals surface area (Å²) in [5.74, 6) is 1.93. The average molecular weight is 362 g/mol. The highest BCUT2D eigenvalue weighted by molar-refractivity contribution is 6.40. The van der Waals surface area contributed by atoms with Gasteiger partial charge in [0.2, 0.25) is 0 Å². The van der Waals surface area contributed by atoms with Crippen molar-refractivity contribution in [3.05, 3.63) is 10.0 Å². The number of halogens is 2. The number of rotatable bonds is 4. The molecule has 0 amide bonds. The van der Waals surface area contributed by atoms with Gasteiger partial charge in [-0.2, -0.15) is 0 Å². The molecule has 0 aliphatic carbocycles. The van der Waals surface area contributed by atoms with Crippen LogP contribution in [-0.2, 0) is 9.47 Å². The summed E-state index contributed by atoms with van der Waals surface area (Å²) in [7, 11) is 0. The van der Waals surface area contributed by atoms with E-state index in [2.05, 4.69) is 9.80 Å². The Morgan fingerprint density at radius 3 is 1.74 bits per heavy atom. The fourth-order valence-electron chi connectivity index (χ4n) is 2.74. The normalized spacial score (nSPS) is 19.1. The number of pyridine rings is 1. The summed E-state index contributed by atoms with van der Waals surface area (Å²) in [6.45, 7) is 8.07. The van der Waals surface area contributed by atoms with E-state index in [1.165, 1.54) is 0 Å². The van der Waals surface area contributed by atoms with Gasteiger partial charge < -0.3 is 24.0 Å². The van der Waals surface area contributed by atoms with Crippen molar-refractivity contribution >= 4 is 34.8 Å². The zero-order chi connectivity index (χ0) is 16.2. The second-order valence-corrected chi connectivity index (χ2v) is 6.10. The topological polar surface area (TPSA) is 47.1 Å². The van der Waals surface area contributed by atoms with Crippen LogP contribution in [0.5, 0.6) is 5.75 Å². The zero-order valence-electron chi connectivity index (χ0n) is 13.2. The molecule has 2 aliphatic heterocycles. The number of ether oxygens (including phenoxy) is 3. The van der Waals surface area contributed by atoms with Crippen LogP contribution in [0.25, 0.3) is 0 Å². The smallest absolute Gasteiger partial charge is 0.164 e. The molecule has 0 unspecified atom stereocenters. The van der Waals surface area contributed by atoms with Gasteiger partial charge in [0.15, 0.2) is 17.4 Å². The maximum absolute atomic E-state index is 6.54. The number of morpholine rings is 2. The molecule has 2 fully saturated rings. The number of aromatic nitrogens is 1. The van der Waals surface area contributed by atoms with E-state index in [0.717, 1.165) is 26.2 Å². The summed E-state index contributed by atoms with van der Waals surface area (Å²) in [4.78, 5) is 9.00. The van der Waals surface area contributed by atoms with Gasteiger partial charge in [0.1, 0.15) is 10.0 Å². The standard InChI is InChI=1S/C15H21Cl2N3O3/c1-2-23-13-11(16)14(19-3-7-21-8-4-19)18-15(12(13)17)20-5-9-22-10-6-20/h2-10H2,1H3. The summed E-state index contributed by atoms with van der Waals surface area (Å²) in [6, 6.07) is 0. The summed E-state index contributed by atoms with van der Waals surface area (Å²) in [6.07, 6.45) is 0. The highest BCUT2D eigenvalue weighted by Crippen LogP contribution is 2.44. The molecule has 6 nitrogen and oxygen atoms in total. The van der Waals surface area contributed by atoms with E-state index in [9.17, 15) is 0 Å². The fourth-order valence-corrected chi connectivity index (χ4v) is 3.41. The van der Waals surface area contributed by atoms with E-state index in [-0.39, 0.29) is 0 Å². The lowest BCUT2D eigenvalue weighted by Crippen LogP contribution is -2.39. The van der Waals surface area contributed by atoms with E-state index >= 15 is 0 Å². The summed E-state index contributed by atoms with van der Waals surface area (Å²) in [5.41, 5.74) is 0. The molecule has 128 valence electrons. The summed E-state index contributed by atoms with van der Waals surface area (Å²) < 4.78 is 16.5. The minimum atomic E-state index is 0.468. The lowest BCUT2D eigenvalue weighted by Gasteiger charge is -2.33. The number of hydrogen-bond acceptors (Lipinski definition) is 6. The first-order chi connectivity index (χ1) is 11.2. The predicted octanol–water partition coefficient (Wildman–Crippen LogP) is 2.46. The largest absolute Gasteiger partial charge is 0.490 e. The van der Waals surface area contributed by atoms with E-state index in [1.807, 2.05) is 6.92 Å². The van der Waals surface area contributed by atoms with Crippen LogP contribution in [0.2, 0.25) is 10.0 Å². The molecule has 1 aromatic heterocycles. The Labute approximate surface area is 146 Å². The van der Waals surface area contributed by atoms with Gasteiger partial charge in [-0.25, -0.2) is 4.98 Å². The van der Waals surface area contributed by atoms with Crippen LogP contribution in [0.1, 0.15) is 6.92 Å². The zero-order valence-corrected chi connectivity index (χ0v) is 14.7. The van der Waals surface area contributed by atoms with Crippen LogP contribution in [0, 0.1) is 0 Å². The molecule has 8 heteroatoms. The van der Waals surface area contributed by atoms with Gasteiger partial charge in [-0.15, -0.1) is 0 Å². The molecule has 0 spiro atoms. The number of nitrogens with zero attached hydrogens (tertiary/aromatic N) is 3. The molecule has 0 bridgehead atoms. The molecule has 0 aromatic carbocycles. The SMILES string of the molecule is CCOc1c(Cl)c(N2CCOCC2)nc(N2CCOCC2)c1Cl. The molecule has 1 aromatic rings. The first-order valence-corrected chi connectivity index (χ1v) is 8.65. The lowest BCUT2D eigenvalue weighted by molar-refractivity contribution is 0.121. The number of anilines is 2. The van der Waals surface area contributed by atoms with Gasteiger partial charge in [0.25, 0.3) is 0 Å². The lowest BCUT2D eigenvalue weighted by atomic mass is 10.3. The Balaban J connectivity index is 2.01. The summed E-state index contributed by atoms with van der Waals surface area (Å²) in [5, 5.41) is 0.937. The van der Waals surface area contributed by atoms with Crippen LogP contribution in [0.3, 0.4) is 0 Å². The van der Waals surface area contributed by atoms with Gasteiger partial charge in [-0.1, -0.05) is 23.2 Å². The van der Waals surface area contributed by atoms with E-state index in [4.69, 9.17) is 42.4 Å². The molecule has 3 heterocycles. The van der Waals surface area contributed by atoms with Crippen molar-refractivity contribution < 1.29 is 14.2 Å². The van der Waals surface area contributed by atoms with Gasteiger partial charge in [0, 0.05) is 26.2 Å². The van der Waals surface area contributed by atoms with Gasteiger partial charge in [-0.05, 0) is 6.92 Å². The van der Waals surface area contributed by atoms with Crippen LogP contribution >= 0.6 is 23.2 Å². The Hall–Kier alpha value is -0.950. The Morgan fingerprint density at radius 2 is 1.35 bits per heavy atom. The molecule has 0 saturated carbocycles. The predicted molar refractivity (Wildman–Crippen MR) is 91.5 cm³/mol. The summed E-state index contributed by atoms with van der Waals surface area (Å²) >= 11 is 13.1. The minimum absolute atomic E-state index is 0.468.